The van der Waals surface area contributed by atoms with Crippen molar-refractivity contribution < 1.29 is 4.79 Å². The second-order valence-electron chi connectivity index (χ2n) is 8.51. The molecule has 2 heterocycles. The number of rotatable bonds is 4. The highest BCUT2D eigenvalue weighted by atomic mass is 35.5. The first-order valence-electron chi connectivity index (χ1n) is 10.9. The maximum Gasteiger partial charge on any atom is 0.272 e. The number of amides is 1. The van der Waals surface area contributed by atoms with Crippen molar-refractivity contribution in [3.05, 3.63) is 64.7 Å². The number of benzodiazepines with no additional fused rings is 1. The Bertz CT molecular complexity index is 1040. The summed E-state index contributed by atoms with van der Waals surface area (Å²) in [6.07, 6.45) is 0.187. The molecule has 2 aromatic rings. The third-order valence-corrected chi connectivity index (χ3v) is 6.36. The average molecular weight is 470 g/mol. The van der Waals surface area contributed by atoms with Gasteiger partial charge in [-0.1, -0.05) is 55.8 Å². The van der Waals surface area contributed by atoms with Crippen molar-refractivity contribution in [2.45, 2.75) is 38.5 Å². The predicted molar refractivity (Wildman–Crippen MR) is 135 cm³/mol. The van der Waals surface area contributed by atoms with Crippen LogP contribution in [-0.2, 0) is 4.79 Å². The third-order valence-electron chi connectivity index (χ3n) is 5.75. The molecule has 2 aromatic carbocycles. The molecule has 8 heteroatoms. The largest absolute Gasteiger partial charge is 0.348 e. The van der Waals surface area contributed by atoms with Crippen LogP contribution in [0.25, 0.3) is 0 Å². The van der Waals surface area contributed by atoms with Gasteiger partial charge in [-0.05, 0) is 36.8 Å². The molecule has 32 heavy (non-hydrogen) atoms. The number of aliphatic imine (C=N–C) groups is 1. The van der Waals surface area contributed by atoms with E-state index in [1.165, 1.54) is 0 Å². The number of anilines is 1. The number of nitrogens with zero attached hydrogens (tertiary/aromatic N) is 3. The molecule has 2 aliphatic heterocycles. The lowest BCUT2D eigenvalue weighted by atomic mass is 10.0. The van der Waals surface area contributed by atoms with Gasteiger partial charge in [-0.25, -0.2) is 4.99 Å². The number of likely N-dealkylation sites (tertiary alicyclic amines) is 1. The molecular weight excluding hydrogens is 442 g/mol. The molecule has 0 aromatic heterocycles. The Labute approximate surface area is 199 Å². The van der Waals surface area contributed by atoms with Crippen LogP contribution in [0.1, 0.15) is 31.4 Å². The second kappa shape index (κ2) is 9.57. The Morgan fingerprint density at radius 2 is 1.97 bits per heavy atom. The highest BCUT2D eigenvalue weighted by Gasteiger charge is 2.32. The standard InChI is InChI=1S/C24H28ClN5OS/c1-15(2)26-18-11-12-30(14-18)24(32)28-22-23(31)29(3)20-10-9-17(25)13-19(20)21(27-22)16-7-5-4-6-8-16/h4-10,13,15,18,22,26H,11-12,14H2,1-3H3,(H,28,32). The van der Waals surface area contributed by atoms with E-state index in [9.17, 15) is 4.79 Å². The Hall–Kier alpha value is -2.48. The SMILES string of the molecule is CC(C)NC1CCN(C(=S)NC2N=C(c3ccccc3)c3cc(Cl)ccc3N(C)C2=O)C1. The highest BCUT2D eigenvalue weighted by molar-refractivity contribution is 7.80. The van der Waals surface area contributed by atoms with Crippen molar-refractivity contribution in [3.63, 3.8) is 0 Å². The summed E-state index contributed by atoms with van der Waals surface area (Å²) in [5, 5.41) is 7.92. The monoisotopic (exact) mass is 469 g/mol. The minimum atomic E-state index is -0.828. The number of halogens is 1. The predicted octanol–water partition coefficient (Wildman–Crippen LogP) is 3.43. The van der Waals surface area contributed by atoms with Gasteiger partial charge in [0, 0.05) is 48.4 Å². The number of carbonyl (C=O) groups is 1. The Balaban J connectivity index is 1.64. The number of benzene rings is 2. The maximum absolute atomic E-state index is 13.4. The molecule has 4 rings (SSSR count). The van der Waals surface area contributed by atoms with Gasteiger partial charge in [-0.2, -0.15) is 0 Å². The number of thiocarbonyl (C=S) groups is 1. The van der Waals surface area contributed by atoms with Crippen molar-refractivity contribution in [2.24, 2.45) is 4.99 Å². The van der Waals surface area contributed by atoms with Crippen molar-refractivity contribution in [1.82, 2.24) is 15.5 Å². The first kappa shape index (κ1) is 22.7. The summed E-state index contributed by atoms with van der Waals surface area (Å²) in [5.41, 5.74) is 3.21. The van der Waals surface area contributed by atoms with Crippen LogP contribution in [0, 0.1) is 0 Å². The lowest BCUT2D eigenvalue weighted by molar-refractivity contribution is -0.119. The van der Waals surface area contributed by atoms with Crippen LogP contribution in [0.5, 0.6) is 0 Å². The third kappa shape index (κ3) is 4.80. The van der Waals surface area contributed by atoms with Crippen molar-refractivity contribution in [2.75, 3.05) is 25.0 Å². The number of fused-ring (bicyclic) bond motifs is 1. The Morgan fingerprint density at radius 1 is 1.22 bits per heavy atom. The molecule has 1 saturated heterocycles. The van der Waals surface area contributed by atoms with Crippen molar-refractivity contribution in [1.29, 1.82) is 0 Å². The summed E-state index contributed by atoms with van der Waals surface area (Å²) >= 11 is 12.0. The van der Waals surface area contributed by atoms with E-state index in [0.29, 0.717) is 27.9 Å². The molecule has 0 aliphatic carbocycles. The molecule has 6 nitrogen and oxygen atoms in total. The molecule has 1 fully saturated rings. The second-order valence-corrected chi connectivity index (χ2v) is 9.33. The zero-order chi connectivity index (χ0) is 22.8. The first-order valence-corrected chi connectivity index (χ1v) is 11.6. The topological polar surface area (TPSA) is 60.0 Å². The fourth-order valence-electron chi connectivity index (χ4n) is 4.23. The van der Waals surface area contributed by atoms with E-state index < -0.39 is 6.17 Å². The molecule has 1 amide bonds. The van der Waals surface area contributed by atoms with E-state index in [-0.39, 0.29) is 5.91 Å². The fraction of sp³-hybridized carbons (Fsp3) is 0.375. The summed E-state index contributed by atoms with van der Waals surface area (Å²) in [4.78, 5) is 22.0. The number of likely N-dealkylation sites (N-methyl/N-ethyl adjacent to an activating group) is 1. The van der Waals surface area contributed by atoms with Crippen LogP contribution in [0.15, 0.2) is 53.5 Å². The molecule has 2 aliphatic rings. The van der Waals surface area contributed by atoms with E-state index >= 15 is 0 Å². The molecule has 168 valence electrons. The average Bonchev–Trinajstić information content (AvgIpc) is 3.20. The minimum Gasteiger partial charge on any atom is -0.348 e. The van der Waals surface area contributed by atoms with Gasteiger partial charge in [0.15, 0.2) is 5.11 Å². The Kier molecular flexibility index (Phi) is 6.79. The van der Waals surface area contributed by atoms with Crippen molar-refractivity contribution in [3.8, 4) is 0 Å². The summed E-state index contributed by atoms with van der Waals surface area (Å²) in [5.74, 6) is -0.169. The van der Waals surface area contributed by atoms with Crippen LogP contribution in [0.2, 0.25) is 5.02 Å². The van der Waals surface area contributed by atoms with Gasteiger partial charge in [0.2, 0.25) is 6.17 Å². The summed E-state index contributed by atoms with van der Waals surface area (Å²) < 4.78 is 0. The van der Waals surface area contributed by atoms with Gasteiger partial charge in [0.25, 0.3) is 5.91 Å². The van der Waals surface area contributed by atoms with E-state index in [2.05, 4.69) is 29.4 Å². The number of hydrogen-bond acceptors (Lipinski definition) is 4. The molecule has 0 spiro atoms. The van der Waals surface area contributed by atoms with Crippen molar-refractivity contribution >= 4 is 46.2 Å². The molecule has 2 atom stereocenters. The number of hydrogen-bond donors (Lipinski definition) is 2. The highest BCUT2D eigenvalue weighted by Crippen LogP contribution is 2.30. The molecule has 0 saturated carbocycles. The zero-order valence-electron chi connectivity index (χ0n) is 18.5. The summed E-state index contributed by atoms with van der Waals surface area (Å²) in [7, 11) is 1.76. The molecular formula is C24H28ClN5OS. The van der Waals surface area contributed by atoms with Gasteiger partial charge in [0.1, 0.15) is 0 Å². The van der Waals surface area contributed by atoms with Gasteiger partial charge in [0.05, 0.1) is 11.4 Å². The van der Waals surface area contributed by atoms with Gasteiger partial charge >= 0.3 is 0 Å². The smallest absolute Gasteiger partial charge is 0.272 e. The van der Waals surface area contributed by atoms with E-state index in [1.54, 1.807) is 18.0 Å². The normalized spacial score (nSPS) is 20.8. The van der Waals surface area contributed by atoms with Crippen LogP contribution in [-0.4, -0.2) is 60.0 Å². The zero-order valence-corrected chi connectivity index (χ0v) is 20.1. The van der Waals surface area contributed by atoms with Crippen LogP contribution < -0.4 is 15.5 Å². The summed E-state index contributed by atoms with van der Waals surface area (Å²) in [6.45, 7) is 5.94. The van der Waals surface area contributed by atoms with Crippen LogP contribution in [0.4, 0.5) is 5.69 Å². The van der Waals surface area contributed by atoms with Gasteiger partial charge < -0.3 is 20.4 Å². The fourth-order valence-corrected chi connectivity index (χ4v) is 4.68. The maximum atomic E-state index is 13.4. The van der Waals surface area contributed by atoms with E-state index in [4.69, 9.17) is 28.8 Å². The van der Waals surface area contributed by atoms with E-state index in [0.717, 1.165) is 36.3 Å². The minimum absolute atomic E-state index is 0.169. The van der Waals surface area contributed by atoms with Crippen LogP contribution >= 0.6 is 23.8 Å². The number of nitrogens with one attached hydrogen (secondary N) is 2. The summed E-state index contributed by atoms with van der Waals surface area (Å²) in [6, 6.07) is 16.1. The van der Waals surface area contributed by atoms with Gasteiger partial charge in [-0.3, -0.25) is 4.79 Å². The molecule has 0 radical (unpaired) electrons. The van der Waals surface area contributed by atoms with Gasteiger partial charge in [-0.15, -0.1) is 0 Å². The quantitative estimate of drug-likeness (QED) is 0.672. The lowest BCUT2D eigenvalue weighted by Gasteiger charge is -2.25. The lowest BCUT2D eigenvalue weighted by Crippen LogP contribution is -2.50. The first-order chi connectivity index (χ1) is 15.3. The van der Waals surface area contributed by atoms with E-state index in [1.807, 2.05) is 42.5 Å². The molecule has 2 N–H and O–H groups in total. The molecule has 2 unspecified atom stereocenters. The van der Waals surface area contributed by atoms with Crippen LogP contribution in [0.3, 0.4) is 0 Å². The molecule has 0 bridgehead atoms. The Morgan fingerprint density at radius 3 is 2.69 bits per heavy atom. The number of carbonyl (C=O) groups excluding carboxylic acids is 1.